The monoisotopic (exact) mass is 316 g/mol. The number of carboxylic acids is 1. The Morgan fingerprint density at radius 3 is 2.73 bits per heavy atom. The van der Waals surface area contributed by atoms with E-state index in [0.717, 1.165) is 5.69 Å². The summed E-state index contributed by atoms with van der Waals surface area (Å²) >= 11 is 0. The van der Waals surface area contributed by atoms with Crippen LogP contribution in [0, 0.1) is 0 Å². The lowest BCUT2D eigenvalue weighted by Gasteiger charge is -1.99. The maximum atomic E-state index is 11.4. The summed E-state index contributed by atoms with van der Waals surface area (Å²) in [7, 11) is 0. The fourth-order valence-electron chi connectivity index (χ4n) is 2.00. The van der Waals surface area contributed by atoms with Crippen LogP contribution in [0.1, 0.15) is 16.1 Å². The van der Waals surface area contributed by atoms with E-state index in [4.69, 9.17) is 0 Å². The van der Waals surface area contributed by atoms with Crippen molar-refractivity contribution in [3.05, 3.63) is 66.1 Å². The van der Waals surface area contributed by atoms with E-state index in [0.29, 0.717) is 11.1 Å². The number of benzene rings is 1. The quantitative estimate of drug-likeness (QED) is 0.911. The number of halogens is 1. The average molecular weight is 317 g/mol. The Balaban J connectivity index is 0.00000176. The minimum absolute atomic E-state index is 0. The summed E-state index contributed by atoms with van der Waals surface area (Å²) in [5.74, 6) is -1.07. The van der Waals surface area contributed by atoms with Crippen LogP contribution in [0.15, 0.2) is 60.0 Å². The molecule has 1 aromatic heterocycles. The van der Waals surface area contributed by atoms with Gasteiger partial charge in [-0.25, -0.2) is 9.48 Å². The van der Waals surface area contributed by atoms with Crippen molar-refractivity contribution in [3.8, 4) is 5.69 Å². The Morgan fingerprint density at radius 2 is 2.00 bits per heavy atom. The molecular formula is C15H13ClN4O2. The number of aromatic carboxylic acids is 1. The number of nitrogens with one attached hydrogen (secondary N) is 1. The summed E-state index contributed by atoms with van der Waals surface area (Å²) in [4.78, 5) is 11.4. The van der Waals surface area contributed by atoms with E-state index >= 15 is 0 Å². The van der Waals surface area contributed by atoms with Crippen LogP contribution in [0.3, 0.4) is 0 Å². The molecule has 2 aromatic rings. The minimum Gasteiger partial charge on any atom is -0.476 e. The number of hydrogen-bond acceptors (Lipinski definition) is 4. The van der Waals surface area contributed by atoms with Gasteiger partial charge < -0.3 is 5.11 Å². The number of rotatable bonds is 3. The first-order valence-electron chi connectivity index (χ1n) is 6.30. The van der Waals surface area contributed by atoms with Gasteiger partial charge in [-0.1, -0.05) is 24.3 Å². The third kappa shape index (κ3) is 3.07. The third-order valence-corrected chi connectivity index (χ3v) is 2.97. The number of para-hydroxylation sites is 1. The van der Waals surface area contributed by atoms with Crippen LogP contribution in [0.2, 0.25) is 0 Å². The number of allylic oxidation sites excluding steroid dienone is 3. The second-order valence-corrected chi connectivity index (χ2v) is 4.35. The molecule has 0 atom stereocenters. The van der Waals surface area contributed by atoms with Crippen molar-refractivity contribution < 1.29 is 9.90 Å². The van der Waals surface area contributed by atoms with Gasteiger partial charge in [-0.2, -0.15) is 10.2 Å². The first kappa shape index (κ1) is 15.5. The highest BCUT2D eigenvalue weighted by atomic mass is 35.5. The molecule has 1 aromatic carbocycles. The highest BCUT2D eigenvalue weighted by Gasteiger charge is 2.18. The summed E-state index contributed by atoms with van der Waals surface area (Å²) in [5, 5.41) is 17.5. The number of carbonyl (C=O) groups is 1. The molecule has 3 rings (SSSR count). The Hall–Kier alpha value is -2.86. The number of nitrogens with zero attached hydrogens (tertiary/aromatic N) is 3. The van der Waals surface area contributed by atoms with E-state index in [1.54, 1.807) is 35.4 Å². The Labute approximate surface area is 132 Å². The van der Waals surface area contributed by atoms with E-state index in [-0.39, 0.29) is 18.1 Å². The zero-order chi connectivity index (χ0) is 14.7. The first-order chi connectivity index (χ1) is 10.3. The van der Waals surface area contributed by atoms with Crippen molar-refractivity contribution in [3.63, 3.8) is 0 Å². The molecule has 1 aliphatic heterocycles. The van der Waals surface area contributed by atoms with Crippen molar-refractivity contribution >= 4 is 30.2 Å². The maximum absolute atomic E-state index is 11.4. The fraction of sp³-hybridized carbons (Fsp3) is 0. The number of hydrazone groups is 1. The second kappa shape index (κ2) is 6.73. The van der Waals surface area contributed by atoms with Gasteiger partial charge in [-0.05, 0) is 18.2 Å². The topological polar surface area (TPSA) is 79.5 Å². The molecule has 0 aliphatic carbocycles. The smallest absolute Gasteiger partial charge is 0.357 e. The number of hydrogen-bond donors (Lipinski definition) is 2. The molecule has 0 saturated carbocycles. The van der Waals surface area contributed by atoms with Crippen LogP contribution in [0.5, 0.6) is 0 Å². The minimum atomic E-state index is -1.07. The standard InChI is InChI=1S/C15H12N4O2.ClH/c20-15(21)14-13(11-5-4-8-16-17-9-11)10-19(18-14)12-6-2-1-3-7-12;/h1-10,16H,(H,20,21);1H. The van der Waals surface area contributed by atoms with Crippen molar-refractivity contribution in [2.24, 2.45) is 5.10 Å². The molecule has 112 valence electrons. The largest absolute Gasteiger partial charge is 0.476 e. The number of aromatic nitrogens is 2. The summed E-state index contributed by atoms with van der Waals surface area (Å²) in [6.07, 6.45) is 8.45. The fourth-order valence-corrected chi connectivity index (χ4v) is 2.00. The van der Waals surface area contributed by atoms with Crippen LogP contribution < -0.4 is 5.43 Å². The molecule has 0 saturated heterocycles. The molecule has 2 heterocycles. The van der Waals surface area contributed by atoms with E-state index in [9.17, 15) is 9.90 Å². The highest BCUT2D eigenvalue weighted by Crippen LogP contribution is 2.20. The van der Waals surface area contributed by atoms with Gasteiger partial charge in [0.05, 0.1) is 11.9 Å². The van der Waals surface area contributed by atoms with Gasteiger partial charge in [-0.15, -0.1) is 12.4 Å². The van der Waals surface area contributed by atoms with Gasteiger partial charge in [0.25, 0.3) is 0 Å². The zero-order valence-corrected chi connectivity index (χ0v) is 12.2. The third-order valence-electron chi connectivity index (χ3n) is 2.97. The van der Waals surface area contributed by atoms with Gasteiger partial charge in [0, 0.05) is 23.5 Å². The van der Waals surface area contributed by atoms with Gasteiger partial charge in [0.2, 0.25) is 0 Å². The van der Waals surface area contributed by atoms with Gasteiger partial charge >= 0.3 is 5.97 Å². The Kier molecular flexibility index (Phi) is 4.75. The van der Waals surface area contributed by atoms with Gasteiger partial charge in [0.15, 0.2) is 5.69 Å². The van der Waals surface area contributed by atoms with Crippen LogP contribution in [-0.2, 0) is 0 Å². The van der Waals surface area contributed by atoms with Crippen molar-refractivity contribution in [1.29, 1.82) is 0 Å². The van der Waals surface area contributed by atoms with E-state index in [1.165, 1.54) is 0 Å². The van der Waals surface area contributed by atoms with Crippen LogP contribution in [0.25, 0.3) is 11.3 Å². The van der Waals surface area contributed by atoms with Crippen LogP contribution in [-0.4, -0.2) is 27.1 Å². The molecule has 0 spiro atoms. The molecule has 0 amide bonds. The predicted molar refractivity (Wildman–Crippen MR) is 86.5 cm³/mol. The van der Waals surface area contributed by atoms with Gasteiger partial charge in [0.1, 0.15) is 0 Å². The zero-order valence-electron chi connectivity index (χ0n) is 11.4. The van der Waals surface area contributed by atoms with Gasteiger partial charge in [-0.3, -0.25) is 5.43 Å². The summed E-state index contributed by atoms with van der Waals surface area (Å²) in [5.41, 5.74) is 4.68. The molecule has 1 aliphatic rings. The van der Waals surface area contributed by atoms with Crippen LogP contribution >= 0.6 is 12.4 Å². The Bertz CT molecular complexity index is 763. The van der Waals surface area contributed by atoms with Crippen molar-refractivity contribution in [1.82, 2.24) is 15.2 Å². The first-order valence-corrected chi connectivity index (χ1v) is 6.30. The highest BCUT2D eigenvalue weighted by molar-refractivity contribution is 6.13. The summed E-state index contributed by atoms with van der Waals surface area (Å²) in [6, 6.07) is 9.36. The molecule has 7 heteroatoms. The summed E-state index contributed by atoms with van der Waals surface area (Å²) in [6.45, 7) is 0. The lowest BCUT2D eigenvalue weighted by Crippen LogP contribution is -2.03. The molecular weight excluding hydrogens is 304 g/mol. The molecule has 22 heavy (non-hydrogen) atoms. The lowest BCUT2D eigenvalue weighted by atomic mass is 10.1. The van der Waals surface area contributed by atoms with E-state index in [1.807, 2.05) is 30.3 Å². The molecule has 0 radical (unpaired) electrons. The molecule has 6 nitrogen and oxygen atoms in total. The molecule has 2 N–H and O–H groups in total. The maximum Gasteiger partial charge on any atom is 0.357 e. The molecule has 0 bridgehead atoms. The van der Waals surface area contributed by atoms with E-state index in [2.05, 4.69) is 15.6 Å². The average Bonchev–Trinajstić information content (AvgIpc) is 2.78. The molecule has 0 unspecified atom stereocenters. The molecule has 0 fully saturated rings. The SMILES string of the molecule is Cl.O=C(O)c1nn(-c2ccccc2)cc1C1=CC=CNN=C1. The normalized spacial score (nSPS) is 12.8. The predicted octanol–water partition coefficient (Wildman–Crippen LogP) is 2.48. The second-order valence-electron chi connectivity index (χ2n) is 4.35. The Morgan fingerprint density at radius 1 is 1.23 bits per heavy atom. The van der Waals surface area contributed by atoms with Crippen molar-refractivity contribution in [2.75, 3.05) is 0 Å². The van der Waals surface area contributed by atoms with E-state index < -0.39 is 5.97 Å². The number of carboxylic acid groups (broad SMARTS) is 1. The van der Waals surface area contributed by atoms with Crippen molar-refractivity contribution in [2.45, 2.75) is 0 Å². The lowest BCUT2D eigenvalue weighted by molar-refractivity contribution is 0.0689. The summed E-state index contributed by atoms with van der Waals surface area (Å²) < 4.78 is 1.55. The van der Waals surface area contributed by atoms with Crippen LogP contribution in [0.4, 0.5) is 0 Å².